The van der Waals surface area contributed by atoms with E-state index in [0.29, 0.717) is 36.3 Å². The van der Waals surface area contributed by atoms with Crippen molar-refractivity contribution in [1.82, 2.24) is 10.3 Å². The molecule has 0 bridgehead atoms. The number of H-pyrrole nitrogens is 1. The van der Waals surface area contributed by atoms with Crippen molar-refractivity contribution < 1.29 is 19.5 Å². The number of carboxylic acids is 1. The first-order valence-electron chi connectivity index (χ1n) is 7.10. The highest BCUT2D eigenvalue weighted by molar-refractivity contribution is 6.02. The minimum Gasteiger partial charge on any atom is -0.481 e. The van der Waals surface area contributed by atoms with Gasteiger partial charge >= 0.3 is 5.97 Å². The predicted molar refractivity (Wildman–Crippen MR) is 78.7 cm³/mol. The van der Waals surface area contributed by atoms with Gasteiger partial charge in [0.15, 0.2) is 5.78 Å². The van der Waals surface area contributed by atoms with E-state index in [9.17, 15) is 14.4 Å². The molecule has 6 heteroatoms. The minimum absolute atomic E-state index is 0.0184. The van der Waals surface area contributed by atoms with Crippen LogP contribution in [0, 0.1) is 6.92 Å². The lowest BCUT2D eigenvalue weighted by molar-refractivity contribution is -0.137. The van der Waals surface area contributed by atoms with Gasteiger partial charge in [0, 0.05) is 24.2 Å². The zero-order chi connectivity index (χ0) is 16.0. The number of ketones is 1. The van der Waals surface area contributed by atoms with Crippen LogP contribution in [0.25, 0.3) is 0 Å². The largest absolute Gasteiger partial charge is 0.481 e. The number of Topliss-reactive ketones (excluding diaryl/α,β-unsaturated/α-hetero) is 1. The third kappa shape index (κ3) is 4.44. The highest BCUT2D eigenvalue weighted by atomic mass is 16.4. The van der Waals surface area contributed by atoms with Gasteiger partial charge in [-0.3, -0.25) is 14.4 Å². The van der Waals surface area contributed by atoms with Crippen molar-refractivity contribution in [1.29, 1.82) is 0 Å². The van der Waals surface area contributed by atoms with Crippen LogP contribution >= 0.6 is 0 Å². The molecule has 0 aromatic carbocycles. The minimum atomic E-state index is -0.884. The van der Waals surface area contributed by atoms with E-state index < -0.39 is 5.97 Å². The van der Waals surface area contributed by atoms with Crippen LogP contribution in [0.4, 0.5) is 0 Å². The highest BCUT2D eigenvalue weighted by Crippen LogP contribution is 2.21. The number of carbonyl (C=O) groups is 3. The molecule has 0 atom stereocenters. The lowest BCUT2D eigenvalue weighted by Gasteiger charge is -2.06. The zero-order valence-electron chi connectivity index (χ0n) is 12.7. The number of carboxylic acid groups (broad SMARTS) is 1. The van der Waals surface area contributed by atoms with E-state index >= 15 is 0 Å². The van der Waals surface area contributed by atoms with Crippen molar-refractivity contribution in [2.75, 3.05) is 6.54 Å². The summed E-state index contributed by atoms with van der Waals surface area (Å²) in [5.41, 5.74) is 2.45. The van der Waals surface area contributed by atoms with E-state index in [1.165, 1.54) is 6.92 Å². The Hall–Kier alpha value is -2.11. The molecular formula is C15H22N2O4. The molecule has 116 valence electrons. The first kappa shape index (κ1) is 16.9. The van der Waals surface area contributed by atoms with Gasteiger partial charge in [0.1, 0.15) is 5.69 Å². The van der Waals surface area contributed by atoms with Gasteiger partial charge in [0.25, 0.3) is 5.91 Å². The number of hydrogen-bond acceptors (Lipinski definition) is 3. The zero-order valence-corrected chi connectivity index (χ0v) is 12.7. The van der Waals surface area contributed by atoms with E-state index in [0.717, 1.165) is 12.0 Å². The number of aromatic nitrogens is 1. The molecular weight excluding hydrogens is 272 g/mol. The Balaban J connectivity index is 2.86. The number of carbonyl (C=O) groups excluding carboxylic acids is 2. The average molecular weight is 294 g/mol. The second-order valence-corrected chi connectivity index (χ2v) is 5.04. The van der Waals surface area contributed by atoms with Crippen molar-refractivity contribution in [2.45, 2.75) is 46.5 Å². The highest BCUT2D eigenvalue weighted by Gasteiger charge is 2.21. The fourth-order valence-electron chi connectivity index (χ4n) is 2.38. The van der Waals surface area contributed by atoms with Crippen LogP contribution in [0.5, 0.6) is 0 Å². The summed E-state index contributed by atoms with van der Waals surface area (Å²) in [6.07, 6.45) is 1.88. The number of amides is 1. The number of rotatable bonds is 8. The van der Waals surface area contributed by atoms with Crippen LogP contribution in [0.3, 0.4) is 0 Å². The van der Waals surface area contributed by atoms with Crippen LogP contribution < -0.4 is 5.32 Å². The van der Waals surface area contributed by atoms with Crippen molar-refractivity contribution in [2.24, 2.45) is 0 Å². The van der Waals surface area contributed by atoms with E-state index in [4.69, 9.17) is 5.11 Å². The first-order chi connectivity index (χ1) is 9.88. The molecule has 3 N–H and O–H groups in total. The maximum atomic E-state index is 12.2. The molecule has 21 heavy (non-hydrogen) atoms. The lowest BCUT2D eigenvalue weighted by atomic mass is 10.0. The molecule has 0 aliphatic heterocycles. The van der Waals surface area contributed by atoms with Crippen LogP contribution in [0.1, 0.15) is 65.2 Å². The molecule has 1 rings (SSSR count). The molecule has 6 nitrogen and oxygen atoms in total. The van der Waals surface area contributed by atoms with E-state index in [1.807, 2.05) is 6.92 Å². The summed E-state index contributed by atoms with van der Waals surface area (Å²) in [6, 6.07) is 0. The van der Waals surface area contributed by atoms with Gasteiger partial charge in [0.2, 0.25) is 0 Å². The van der Waals surface area contributed by atoms with E-state index in [2.05, 4.69) is 10.3 Å². The molecule has 0 saturated heterocycles. The SMILES string of the molecule is CCCc1c(C(=O)NCCCC(=O)O)[nH]c(C)c1C(C)=O. The summed E-state index contributed by atoms with van der Waals surface area (Å²) in [5.74, 6) is -1.23. The number of aryl methyl sites for hydroxylation is 1. The standard InChI is InChI=1S/C15H22N2O4/c1-4-6-11-13(10(3)18)9(2)17-14(11)15(21)16-8-5-7-12(19)20/h17H,4-8H2,1-3H3,(H,16,21)(H,19,20). The molecule has 0 saturated carbocycles. The smallest absolute Gasteiger partial charge is 0.303 e. The molecule has 0 spiro atoms. The third-order valence-corrected chi connectivity index (χ3v) is 3.22. The third-order valence-electron chi connectivity index (χ3n) is 3.22. The molecule has 1 aromatic rings. The van der Waals surface area contributed by atoms with Gasteiger partial charge in [-0.05, 0) is 32.3 Å². The van der Waals surface area contributed by atoms with Gasteiger partial charge in [0.05, 0.1) is 0 Å². The van der Waals surface area contributed by atoms with E-state index in [1.54, 1.807) is 6.92 Å². The van der Waals surface area contributed by atoms with E-state index in [-0.39, 0.29) is 18.1 Å². The van der Waals surface area contributed by atoms with Gasteiger partial charge in [-0.2, -0.15) is 0 Å². The van der Waals surface area contributed by atoms with Crippen molar-refractivity contribution >= 4 is 17.7 Å². The lowest BCUT2D eigenvalue weighted by Crippen LogP contribution is -2.26. The Morgan fingerprint density at radius 2 is 1.95 bits per heavy atom. The second kappa shape index (κ2) is 7.61. The number of hydrogen-bond donors (Lipinski definition) is 3. The number of nitrogens with one attached hydrogen (secondary N) is 2. The number of aromatic amines is 1. The maximum Gasteiger partial charge on any atom is 0.303 e. The Bertz CT molecular complexity index is 546. The fraction of sp³-hybridized carbons (Fsp3) is 0.533. The topological polar surface area (TPSA) is 99.3 Å². The molecule has 0 aliphatic rings. The fourth-order valence-corrected chi connectivity index (χ4v) is 2.38. The quantitative estimate of drug-likeness (QED) is 0.505. The summed E-state index contributed by atoms with van der Waals surface area (Å²) in [4.78, 5) is 37.3. The molecule has 1 heterocycles. The Kier molecular flexibility index (Phi) is 6.14. The first-order valence-corrected chi connectivity index (χ1v) is 7.10. The predicted octanol–water partition coefficient (Wildman–Crippen LogP) is 2.07. The normalized spacial score (nSPS) is 10.4. The molecule has 0 fully saturated rings. The molecule has 1 aromatic heterocycles. The van der Waals surface area contributed by atoms with Gasteiger partial charge in [-0.25, -0.2) is 0 Å². The van der Waals surface area contributed by atoms with Crippen molar-refractivity contribution in [3.8, 4) is 0 Å². The van der Waals surface area contributed by atoms with Crippen LogP contribution in [-0.2, 0) is 11.2 Å². The second-order valence-electron chi connectivity index (χ2n) is 5.04. The Morgan fingerprint density at radius 1 is 1.29 bits per heavy atom. The maximum absolute atomic E-state index is 12.2. The van der Waals surface area contributed by atoms with Crippen LogP contribution in [-0.4, -0.2) is 34.3 Å². The van der Waals surface area contributed by atoms with Crippen molar-refractivity contribution in [3.05, 3.63) is 22.5 Å². The monoisotopic (exact) mass is 294 g/mol. The molecule has 0 unspecified atom stereocenters. The number of aliphatic carboxylic acids is 1. The summed E-state index contributed by atoms with van der Waals surface area (Å²) >= 11 is 0. The van der Waals surface area contributed by atoms with Gasteiger partial charge in [-0.15, -0.1) is 0 Å². The Morgan fingerprint density at radius 3 is 2.48 bits per heavy atom. The Labute approximate surface area is 123 Å². The van der Waals surface area contributed by atoms with Crippen LogP contribution in [0.15, 0.2) is 0 Å². The summed E-state index contributed by atoms with van der Waals surface area (Å²) in [7, 11) is 0. The van der Waals surface area contributed by atoms with Gasteiger partial charge in [-0.1, -0.05) is 13.3 Å². The molecule has 1 amide bonds. The summed E-state index contributed by atoms with van der Waals surface area (Å²) in [5, 5.41) is 11.2. The summed E-state index contributed by atoms with van der Waals surface area (Å²) in [6.45, 7) is 5.55. The van der Waals surface area contributed by atoms with Crippen molar-refractivity contribution in [3.63, 3.8) is 0 Å². The summed E-state index contributed by atoms with van der Waals surface area (Å²) < 4.78 is 0. The molecule has 0 radical (unpaired) electrons. The van der Waals surface area contributed by atoms with Crippen LogP contribution in [0.2, 0.25) is 0 Å². The average Bonchev–Trinajstić information content (AvgIpc) is 2.71. The molecule has 0 aliphatic carbocycles. The van der Waals surface area contributed by atoms with Gasteiger partial charge < -0.3 is 15.4 Å².